The van der Waals surface area contributed by atoms with Crippen molar-refractivity contribution in [1.29, 1.82) is 0 Å². The van der Waals surface area contributed by atoms with Crippen LogP contribution in [0.3, 0.4) is 0 Å². The first kappa shape index (κ1) is 31.6. The number of benzene rings is 3. The monoisotopic (exact) mass is 664 g/mol. The number of rotatable bonds is 10. The zero-order valence-corrected chi connectivity index (χ0v) is 26.9. The Kier molecular flexibility index (Phi) is 8.08. The van der Waals surface area contributed by atoms with Crippen molar-refractivity contribution in [3.8, 4) is 22.7 Å². The Morgan fingerprint density at radius 2 is 1.84 bits per heavy atom. The van der Waals surface area contributed by atoms with E-state index in [0.717, 1.165) is 11.3 Å². The highest BCUT2D eigenvalue weighted by molar-refractivity contribution is 5.93. The van der Waals surface area contributed by atoms with E-state index in [1.165, 1.54) is 32.9 Å². The summed E-state index contributed by atoms with van der Waals surface area (Å²) in [5.74, 6) is 0.134. The second-order valence-corrected chi connectivity index (χ2v) is 12.1. The fourth-order valence-corrected chi connectivity index (χ4v) is 5.86. The van der Waals surface area contributed by atoms with Gasteiger partial charge in [0.05, 0.1) is 36.7 Å². The van der Waals surface area contributed by atoms with Crippen LogP contribution >= 0.6 is 0 Å². The lowest BCUT2D eigenvalue weighted by Crippen LogP contribution is -2.40. The standard InChI is InChI=1S/C35H33FN8O5/c1-19-7-14-27(26(36)15-19)38-32-30-31(20(2)33(46)39-32)43(35(48)44(34(30)47)23-10-11-23)24-6-4-5-22(16-24)37-29(45)18-42-17-28(40-41-42)21-8-12-25(49-3)13-9-21/h4-9,12-17,23,29,37,45H,10-11,18H2,1-3H3,(H2,38,39,46). The summed E-state index contributed by atoms with van der Waals surface area (Å²) < 4.78 is 24.1. The number of aliphatic hydroxyl groups excluding tert-OH is 1. The Balaban J connectivity index is 1.25. The minimum absolute atomic E-state index is 0.0203. The maximum absolute atomic E-state index is 14.9. The molecule has 13 nitrogen and oxygen atoms in total. The smallest absolute Gasteiger partial charge is 0.336 e. The molecule has 0 spiro atoms. The van der Waals surface area contributed by atoms with Gasteiger partial charge in [0.15, 0.2) is 0 Å². The summed E-state index contributed by atoms with van der Waals surface area (Å²) in [6.45, 7) is 3.33. The molecular formula is C35H33FN8O5. The van der Waals surface area contributed by atoms with E-state index in [2.05, 4.69) is 25.9 Å². The van der Waals surface area contributed by atoms with E-state index in [9.17, 15) is 23.9 Å². The maximum Gasteiger partial charge on any atom is 0.336 e. The lowest BCUT2D eigenvalue weighted by Gasteiger charge is -2.19. The molecule has 0 aliphatic heterocycles. The van der Waals surface area contributed by atoms with E-state index in [1.54, 1.807) is 50.6 Å². The molecule has 0 saturated heterocycles. The number of aromatic amines is 1. The van der Waals surface area contributed by atoms with Crippen LogP contribution in [0.2, 0.25) is 0 Å². The summed E-state index contributed by atoms with van der Waals surface area (Å²) in [5, 5.41) is 25.2. The highest BCUT2D eigenvalue weighted by Crippen LogP contribution is 2.34. The van der Waals surface area contributed by atoms with Gasteiger partial charge in [0.25, 0.3) is 11.1 Å². The summed E-state index contributed by atoms with van der Waals surface area (Å²) in [7, 11) is 1.59. The second-order valence-electron chi connectivity index (χ2n) is 12.1. The molecule has 3 aromatic heterocycles. The number of nitrogens with one attached hydrogen (secondary N) is 3. The van der Waals surface area contributed by atoms with Crippen LogP contribution in [0.25, 0.3) is 27.8 Å². The Morgan fingerprint density at radius 1 is 1.06 bits per heavy atom. The van der Waals surface area contributed by atoms with Gasteiger partial charge in [-0.15, -0.1) is 5.10 Å². The third-order valence-corrected chi connectivity index (χ3v) is 8.49. The van der Waals surface area contributed by atoms with Crippen LogP contribution < -0.4 is 32.2 Å². The van der Waals surface area contributed by atoms with Crippen molar-refractivity contribution in [1.82, 2.24) is 29.1 Å². The molecule has 1 aliphatic carbocycles. The van der Waals surface area contributed by atoms with E-state index in [0.29, 0.717) is 35.5 Å². The molecule has 3 aromatic carbocycles. The van der Waals surface area contributed by atoms with Crippen molar-refractivity contribution in [3.63, 3.8) is 0 Å². The van der Waals surface area contributed by atoms with Gasteiger partial charge in [-0.1, -0.05) is 17.3 Å². The molecule has 14 heteroatoms. The molecular weight excluding hydrogens is 631 g/mol. The molecule has 1 fully saturated rings. The molecule has 0 radical (unpaired) electrons. The number of H-pyrrole nitrogens is 1. The minimum Gasteiger partial charge on any atom is -0.497 e. The van der Waals surface area contributed by atoms with Crippen molar-refractivity contribution >= 4 is 28.1 Å². The predicted molar refractivity (Wildman–Crippen MR) is 183 cm³/mol. The Hall–Kier alpha value is -6.02. The summed E-state index contributed by atoms with van der Waals surface area (Å²) >= 11 is 0. The van der Waals surface area contributed by atoms with Gasteiger partial charge in [-0.05, 0) is 86.8 Å². The second kappa shape index (κ2) is 12.5. The van der Waals surface area contributed by atoms with Crippen LogP contribution in [0.4, 0.5) is 21.6 Å². The van der Waals surface area contributed by atoms with Gasteiger partial charge >= 0.3 is 5.69 Å². The molecule has 0 amide bonds. The third-order valence-electron chi connectivity index (χ3n) is 8.49. The van der Waals surface area contributed by atoms with Crippen molar-refractivity contribution < 1.29 is 14.2 Å². The van der Waals surface area contributed by atoms with E-state index >= 15 is 0 Å². The van der Waals surface area contributed by atoms with E-state index < -0.39 is 28.9 Å². The number of aryl methyl sites for hydroxylation is 2. The van der Waals surface area contributed by atoms with Gasteiger partial charge in [0, 0.05) is 22.9 Å². The van der Waals surface area contributed by atoms with Crippen molar-refractivity contribution in [2.24, 2.45) is 0 Å². The van der Waals surface area contributed by atoms with Gasteiger partial charge in [0.1, 0.15) is 34.7 Å². The Morgan fingerprint density at radius 3 is 2.55 bits per heavy atom. The number of aromatic nitrogens is 6. The van der Waals surface area contributed by atoms with Crippen molar-refractivity contribution in [2.45, 2.75) is 45.5 Å². The van der Waals surface area contributed by atoms with E-state index in [4.69, 9.17) is 4.74 Å². The number of ether oxygens (including phenoxy) is 1. The molecule has 6 aromatic rings. The Bertz CT molecular complexity index is 2390. The molecule has 1 saturated carbocycles. The SMILES string of the molecule is COc1ccc(-c2cn(CC(O)Nc3cccc(-n4c(=O)n(C5CC5)c(=O)c5c(Nc6ccc(C)cc6F)[nH]c(=O)c(C)c54)c3)nn2)cc1. The molecule has 250 valence electrons. The molecule has 7 rings (SSSR count). The number of pyridine rings is 1. The first-order chi connectivity index (χ1) is 23.6. The van der Waals surface area contributed by atoms with Crippen LogP contribution in [0, 0.1) is 19.7 Å². The number of halogens is 1. The van der Waals surface area contributed by atoms with Gasteiger partial charge in [-0.2, -0.15) is 0 Å². The first-order valence-electron chi connectivity index (χ1n) is 15.7. The lowest BCUT2D eigenvalue weighted by atomic mass is 10.1. The Labute approximate surface area is 278 Å². The quantitative estimate of drug-likeness (QED) is 0.156. The molecule has 1 aliphatic rings. The minimum atomic E-state index is -1.10. The molecule has 0 bridgehead atoms. The number of nitrogens with zero attached hydrogens (tertiary/aromatic N) is 5. The van der Waals surface area contributed by atoms with Crippen LogP contribution in [-0.4, -0.2) is 47.6 Å². The average molecular weight is 665 g/mol. The van der Waals surface area contributed by atoms with Gasteiger partial charge in [-0.3, -0.25) is 18.7 Å². The number of hydrogen-bond acceptors (Lipinski definition) is 9. The zero-order valence-electron chi connectivity index (χ0n) is 26.9. The molecule has 1 unspecified atom stereocenters. The van der Waals surface area contributed by atoms with E-state index in [-0.39, 0.29) is 40.6 Å². The molecule has 3 heterocycles. The first-order valence-corrected chi connectivity index (χ1v) is 15.7. The largest absolute Gasteiger partial charge is 0.497 e. The molecule has 4 N–H and O–H groups in total. The van der Waals surface area contributed by atoms with Gasteiger partial charge < -0.3 is 25.5 Å². The number of hydrogen-bond donors (Lipinski definition) is 4. The van der Waals surface area contributed by atoms with Gasteiger partial charge in [-0.25, -0.2) is 13.9 Å². The van der Waals surface area contributed by atoms with E-state index in [1.807, 2.05) is 24.3 Å². The summed E-state index contributed by atoms with van der Waals surface area (Å²) in [6.07, 6.45) is 1.91. The highest BCUT2D eigenvalue weighted by atomic mass is 19.1. The fourth-order valence-electron chi connectivity index (χ4n) is 5.86. The molecule has 49 heavy (non-hydrogen) atoms. The molecule has 1 atom stereocenters. The normalized spacial score (nSPS) is 13.4. The number of methoxy groups -OCH3 is 1. The summed E-state index contributed by atoms with van der Waals surface area (Å²) in [4.78, 5) is 44.0. The average Bonchev–Trinajstić information content (AvgIpc) is 3.81. The van der Waals surface area contributed by atoms with Crippen LogP contribution in [0.1, 0.15) is 30.0 Å². The predicted octanol–water partition coefficient (Wildman–Crippen LogP) is 4.37. The number of anilines is 3. The summed E-state index contributed by atoms with van der Waals surface area (Å²) in [6, 6.07) is 18.3. The highest BCUT2D eigenvalue weighted by Gasteiger charge is 2.31. The van der Waals surface area contributed by atoms with Crippen LogP contribution in [-0.2, 0) is 6.54 Å². The number of aliphatic hydroxyl groups is 1. The summed E-state index contributed by atoms with van der Waals surface area (Å²) in [5.41, 5.74) is 1.53. The van der Waals surface area contributed by atoms with Crippen LogP contribution in [0.15, 0.2) is 87.3 Å². The number of fused-ring (bicyclic) bond motifs is 1. The van der Waals surface area contributed by atoms with Crippen molar-refractivity contribution in [3.05, 3.63) is 121 Å². The van der Waals surface area contributed by atoms with Crippen molar-refractivity contribution in [2.75, 3.05) is 17.7 Å². The maximum atomic E-state index is 14.9. The third kappa shape index (κ3) is 6.09. The fraction of sp³-hybridized carbons (Fsp3) is 0.229. The van der Waals surface area contributed by atoms with Gasteiger partial charge in [0.2, 0.25) is 0 Å². The lowest BCUT2D eigenvalue weighted by molar-refractivity contribution is 0.176. The zero-order chi connectivity index (χ0) is 34.4. The van der Waals surface area contributed by atoms with Crippen LogP contribution in [0.5, 0.6) is 5.75 Å². The topological polar surface area (TPSA) is 161 Å².